The van der Waals surface area contributed by atoms with Gasteiger partial charge in [-0.2, -0.15) is 0 Å². The lowest BCUT2D eigenvalue weighted by Crippen LogP contribution is -2.56. The smallest absolute Gasteiger partial charge is 0.410 e. The molecular formula is C21H31NO5. The van der Waals surface area contributed by atoms with E-state index in [1.807, 2.05) is 30.3 Å². The Bertz CT molecular complexity index is 640. The first kappa shape index (κ1) is 21.2. The Morgan fingerprint density at radius 1 is 1.26 bits per heavy atom. The molecule has 6 heteroatoms. The van der Waals surface area contributed by atoms with Crippen LogP contribution in [-0.2, 0) is 20.9 Å². The highest BCUT2D eigenvalue weighted by molar-refractivity contribution is 5.78. The van der Waals surface area contributed by atoms with Crippen LogP contribution in [0.3, 0.4) is 0 Å². The van der Waals surface area contributed by atoms with Gasteiger partial charge in [0.2, 0.25) is 0 Å². The molecule has 1 aromatic rings. The first-order chi connectivity index (χ1) is 12.7. The maximum atomic E-state index is 12.7. The van der Waals surface area contributed by atoms with E-state index >= 15 is 0 Å². The van der Waals surface area contributed by atoms with E-state index in [-0.39, 0.29) is 43.5 Å². The summed E-state index contributed by atoms with van der Waals surface area (Å²) >= 11 is 0. The fourth-order valence-electron chi connectivity index (χ4n) is 3.69. The number of ether oxygens (including phenoxy) is 2. The number of benzene rings is 1. The van der Waals surface area contributed by atoms with Gasteiger partial charge >= 0.3 is 12.1 Å². The molecule has 0 radical (unpaired) electrons. The number of esters is 1. The molecule has 1 saturated heterocycles. The van der Waals surface area contributed by atoms with E-state index in [1.165, 1.54) is 7.11 Å². The van der Waals surface area contributed by atoms with Crippen LogP contribution in [-0.4, -0.2) is 48.9 Å². The van der Waals surface area contributed by atoms with Gasteiger partial charge in [-0.25, -0.2) is 4.79 Å². The van der Waals surface area contributed by atoms with Crippen LogP contribution < -0.4 is 0 Å². The standard InChI is InChI=1S/C21H31NO5/c1-20(2,3)17-12-21(10-11-23,18(24)26-4)15-22(13-17)19(25)27-14-16-8-6-5-7-9-16/h5-9,17,23H,10-15H2,1-4H3/t17-,21-/m1/s1. The zero-order valence-electron chi connectivity index (χ0n) is 16.7. The molecule has 0 unspecified atom stereocenters. The van der Waals surface area contributed by atoms with Gasteiger partial charge in [0.1, 0.15) is 6.61 Å². The Labute approximate surface area is 161 Å². The summed E-state index contributed by atoms with van der Waals surface area (Å²) in [5.74, 6) is -0.299. The lowest BCUT2D eigenvalue weighted by molar-refractivity contribution is -0.160. The molecule has 1 amide bonds. The third kappa shape index (κ3) is 5.22. The average Bonchev–Trinajstić information content (AvgIpc) is 2.65. The monoisotopic (exact) mass is 377 g/mol. The van der Waals surface area contributed by atoms with Crippen LogP contribution in [0.4, 0.5) is 4.79 Å². The molecule has 0 aliphatic carbocycles. The zero-order chi connectivity index (χ0) is 20.1. The molecule has 1 heterocycles. The Balaban J connectivity index is 2.20. The van der Waals surface area contributed by atoms with Crippen molar-refractivity contribution in [1.29, 1.82) is 0 Å². The predicted octanol–water partition coefficient (Wildman–Crippen LogP) is 3.23. The highest BCUT2D eigenvalue weighted by atomic mass is 16.6. The number of aliphatic hydroxyl groups excluding tert-OH is 1. The van der Waals surface area contributed by atoms with Crippen LogP contribution >= 0.6 is 0 Å². The van der Waals surface area contributed by atoms with E-state index < -0.39 is 11.5 Å². The Morgan fingerprint density at radius 2 is 1.93 bits per heavy atom. The second-order valence-corrected chi connectivity index (χ2v) is 8.43. The summed E-state index contributed by atoms with van der Waals surface area (Å²) in [4.78, 5) is 26.9. The molecule has 1 aliphatic rings. The average molecular weight is 377 g/mol. The van der Waals surface area contributed by atoms with Crippen molar-refractivity contribution < 1.29 is 24.2 Å². The van der Waals surface area contributed by atoms with E-state index in [2.05, 4.69) is 20.8 Å². The maximum Gasteiger partial charge on any atom is 0.410 e. The first-order valence-electron chi connectivity index (χ1n) is 9.37. The first-order valence-corrected chi connectivity index (χ1v) is 9.37. The number of piperidine rings is 1. The SMILES string of the molecule is COC(=O)[C@]1(CCO)C[C@@H](C(C)(C)C)CN(C(=O)OCc2ccccc2)C1. The molecule has 1 fully saturated rings. The van der Waals surface area contributed by atoms with E-state index in [1.54, 1.807) is 4.90 Å². The van der Waals surface area contributed by atoms with Crippen molar-refractivity contribution in [3.8, 4) is 0 Å². The minimum Gasteiger partial charge on any atom is -0.469 e. The van der Waals surface area contributed by atoms with Gasteiger partial charge in [0, 0.05) is 19.7 Å². The topological polar surface area (TPSA) is 76.1 Å². The third-order valence-corrected chi connectivity index (χ3v) is 5.47. The van der Waals surface area contributed by atoms with Crippen molar-refractivity contribution in [1.82, 2.24) is 4.90 Å². The number of aliphatic hydroxyl groups is 1. The summed E-state index contributed by atoms with van der Waals surface area (Å²) in [6.07, 6.45) is 0.389. The summed E-state index contributed by atoms with van der Waals surface area (Å²) in [5.41, 5.74) is -0.108. The molecule has 2 rings (SSSR count). The zero-order valence-corrected chi connectivity index (χ0v) is 16.7. The normalized spacial score (nSPS) is 23.0. The van der Waals surface area contributed by atoms with Crippen molar-refractivity contribution in [2.24, 2.45) is 16.7 Å². The molecular weight excluding hydrogens is 346 g/mol. The van der Waals surface area contributed by atoms with Crippen molar-refractivity contribution in [3.05, 3.63) is 35.9 Å². The molecule has 1 aromatic carbocycles. The number of carbonyl (C=O) groups is 2. The largest absolute Gasteiger partial charge is 0.469 e. The van der Waals surface area contributed by atoms with E-state index in [0.717, 1.165) is 5.56 Å². The minimum atomic E-state index is -0.911. The van der Waals surface area contributed by atoms with E-state index in [4.69, 9.17) is 9.47 Å². The van der Waals surface area contributed by atoms with Crippen LogP contribution in [0.1, 0.15) is 39.2 Å². The highest BCUT2D eigenvalue weighted by Gasteiger charge is 2.50. The summed E-state index contributed by atoms with van der Waals surface area (Å²) < 4.78 is 10.5. The van der Waals surface area contributed by atoms with Crippen LogP contribution in [0.25, 0.3) is 0 Å². The van der Waals surface area contributed by atoms with E-state index in [0.29, 0.717) is 13.0 Å². The molecule has 27 heavy (non-hydrogen) atoms. The summed E-state index contributed by atoms with van der Waals surface area (Å²) in [6, 6.07) is 9.48. The summed E-state index contributed by atoms with van der Waals surface area (Å²) in [6.45, 7) is 7.04. The second kappa shape index (κ2) is 8.74. The molecule has 1 aliphatic heterocycles. The number of nitrogens with zero attached hydrogens (tertiary/aromatic N) is 1. The van der Waals surface area contributed by atoms with Crippen molar-refractivity contribution in [2.75, 3.05) is 26.8 Å². The molecule has 6 nitrogen and oxygen atoms in total. The molecule has 150 valence electrons. The summed E-state index contributed by atoms with van der Waals surface area (Å²) in [7, 11) is 1.35. The molecule has 0 aromatic heterocycles. The van der Waals surface area contributed by atoms with Gasteiger partial charge in [-0.1, -0.05) is 51.1 Å². The minimum absolute atomic E-state index is 0.0844. The molecule has 0 bridgehead atoms. The van der Waals surface area contributed by atoms with Gasteiger partial charge in [-0.05, 0) is 29.7 Å². The van der Waals surface area contributed by atoms with Crippen LogP contribution in [0, 0.1) is 16.7 Å². The van der Waals surface area contributed by atoms with E-state index in [9.17, 15) is 14.7 Å². The van der Waals surface area contributed by atoms with Crippen molar-refractivity contribution >= 4 is 12.1 Å². The van der Waals surface area contributed by atoms with Gasteiger partial charge in [0.25, 0.3) is 0 Å². The van der Waals surface area contributed by atoms with Crippen molar-refractivity contribution in [3.63, 3.8) is 0 Å². The van der Waals surface area contributed by atoms with Crippen molar-refractivity contribution in [2.45, 2.75) is 40.2 Å². The number of likely N-dealkylation sites (tertiary alicyclic amines) is 1. The number of hydrogen-bond donors (Lipinski definition) is 1. The van der Waals surface area contributed by atoms with Crippen LogP contribution in [0.5, 0.6) is 0 Å². The Kier molecular flexibility index (Phi) is 6.87. The lowest BCUT2D eigenvalue weighted by atomic mass is 9.66. The fraction of sp³-hybridized carbons (Fsp3) is 0.619. The highest BCUT2D eigenvalue weighted by Crippen LogP contribution is 2.44. The number of rotatable bonds is 5. The second-order valence-electron chi connectivity index (χ2n) is 8.43. The predicted molar refractivity (Wildman–Crippen MR) is 102 cm³/mol. The number of hydrogen-bond acceptors (Lipinski definition) is 5. The molecule has 0 spiro atoms. The quantitative estimate of drug-likeness (QED) is 0.797. The van der Waals surface area contributed by atoms with Gasteiger partial charge in [0.15, 0.2) is 0 Å². The number of amides is 1. The number of methoxy groups -OCH3 is 1. The summed E-state index contributed by atoms with van der Waals surface area (Å²) in [5, 5.41) is 9.55. The fourth-order valence-corrected chi connectivity index (χ4v) is 3.69. The Morgan fingerprint density at radius 3 is 2.48 bits per heavy atom. The molecule has 2 atom stereocenters. The number of carbonyl (C=O) groups excluding carboxylic acids is 2. The van der Waals surface area contributed by atoms with Gasteiger partial charge in [0.05, 0.1) is 12.5 Å². The van der Waals surface area contributed by atoms with Crippen LogP contribution in [0.2, 0.25) is 0 Å². The molecule has 0 saturated carbocycles. The van der Waals surface area contributed by atoms with Gasteiger partial charge < -0.3 is 19.5 Å². The Hall–Kier alpha value is -2.08. The molecule has 1 N–H and O–H groups in total. The van der Waals surface area contributed by atoms with Gasteiger partial charge in [-0.3, -0.25) is 4.79 Å². The van der Waals surface area contributed by atoms with Gasteiger partial charge in [-0.15, -0.1) is 0 Å². The van der Waals surface area contributed by atoms with Crippen LogP contribution in [0.15, 0.2) is 30.3 Å². The maximum absolute atomic E-state index is 12.7. The third-order valence-electron chi connectivity index (χ3n) is 5.47. The lowest BCUT2D eigenvalue weighted by Gasteiger charge is -2.47.